The number of Topliss-reactive ketones (excluding diaryl/α,β-unsaturated/α-hetero) is 1. The zero-order valence-electron chi connectivity index (χ0n) is 30.1. The van der Waals surface area contributed by atoms with Gasteiger partial charge in [0.15, 0.2) is 0 Å². The van der Waals surface area contributed by atoms with E-state index in [9.17, 15) is 32.4 Å². The van der Waals surface area contributed by atoms with Crippen molar-refractivity contribution in [3.8, 4) is 12.3 Å². The van der Waals surface area contributed by atoms with Crippen LogP contribution in [-0.4, -0.2) is 103 Å². The molecule has 2 heterocycles. The summed E-state index contributed by atoms with van der Waals surface area (Å²) in [6, 6.07) is -4.28. The summed E-state index contributed by atoms with van der Waals surface area (Å²) in [5.41, 5.74) is -1.49. The fraction of sp³-hybridized carbons (Fsp3) is 0.794. The maximum Gasteiger partial charge on any atom is 0.315 e. The Morgan fingerprint density at radius 3 is 2.17 bits per heavy atom. The molecule has 1 saturated carbocycles. The Hall–Kier alpha value is -3.18. The molecule has 2 saturated heterocycles. The van der Waals surface area contributed by atoms with Crippen LogP contribution in [0.1, 0.15) is 88.0 Å². The van der Waals surface area contributed by atoms with E-state index in [2.05, 4.69) is 27.2 Å². The summed E-state index contributed by atoms with van der Waals surface area (Å²) in [6.07, 6.45) is 6.83. The molecule has 0 aromatic heterocycles. The average molecular weight is 693 g/mol. The van der Waals surface area contributed by atoms with Gasteiger partial charge in [0, 0.05) is 38.6 Å². The second-order valence-corrected chi connectivity index (χ2v) is 18.3. The third-order valence-corrected chi connectivity index (χ3v) is 12.0. The molecule has 3 rings (SSSR count). The van der Waals surface area contributed by atoms with Crippen LogP contribution in [0.25, 0.3) is 0 Å². The highest BCUT2D eigenvalue weighted by Crippen LogP contribution is 2.65. The van der Waals surface area contributed by atoms with Crippen molar-refractivity contribution >= 4 is 39.6 Å². The lowest BCUT2D eigenvalue weighted by atomic mass is 9.85. The number of nitrogens with zero attached hydrogens (tertiary/aromatic N) is 2. The van der Waals surface area contributed by atoms with Crippen molar-refractivity contribution in [3.05, 3.63) is 0 Å². The lowest BCUT2D eigenvalue weighted by Gasteiger charge is -2.39. The van der Waals surface area contributed by atoms with E-state index in [1.54, 1.807) is 0 Å². The van der Waals surface area contributed by atoms with Gasteiger partial charge in [-0.2, -0.15) is 4.31 Å². The van der Waals surface area contributed by atoms with Gasteiger partial charge in [-0.1, -0.05) is 62.3 Å². The van der Waals surface area contributed by atoms with Gasteiger partial charge in [0.05, 0.1) is 11.8 Å². The molecule has 0 aromatic carbocycles. The van der Waals surface area contributed by atoms with E-state index in [1.807, 2.05) is 62.3 Å². The molecule has 1 aliphatic carbocycles. The van der Waals surface area contributed by atoms with Crippen molar-refractivity contribution < 1.29 is 32.4 Å². The maximum atomic E-state index is 14.3. The Labute approximate surface area is 286 Å². The molecular weight excluding hydrogens is 636 g/mol. The van der Waals surface area contributed by atoms with E-state index in [1.165, 1.54) is 9.21 Å². The Morgan fingerprint density at radius 1 is 1.00 bits per heavy atom. The van der Waals surface area contributed by atoms with Crippen LogP contribution in [0.4, 0.5) is 4.79 Å². The number of carbonyl (C=O) groups excluding carboxylic acids is 5. The molecule has 14 heteroatoms. The third kappa shape index (κ3) is 8.88. The van der Waals surface area contributed by atoms with Crippen LogP contribution in [0.15, 0.2) is 0 Å². The molecule has 270 valence electrons. The number of likely N-dealkylation sites (tertiary alicyclic amines) is 1. The summed E-state index contributed by atoms with van der Waals surface area (Å²) in [6.45, 7) is 18.2. The van der Waals surface area contributed by atoms with Crippen molar-refractivity contribution in [1.82, 2.24) is 30.5 Å². The quantitative estimate of drug-likeness (QED) is 0.168. The Balaban J connectivity index is 1.83. The standard InChI is InChI=1S/C34H56N6O7S/c1-11-13-15-22(26(41)29(43)35-16-12-2)36-28(42)25-24-21(34(24,9)10)19-40(25)30(44)27(33(6,7)8)38-31(45)37-23(32(3,4)5)20-39-17-14-18-48(39,46)47/h1,21-25,27H,12-20H2,2-10H3,(H,35,43)(H,36,42)(H2,37,38,45)/t21-,22?,23+,24-,25-,27+/m0/s1. The van der Waals surface area contributed by atoms with Gasteiger partial charge in [-0.15, -0.1) is 12.3 Å². The molecule has 4 N–H and O–H groups in total. The molecule has 0 radical (unpaired) electrons. The van der Waals surface area contributed by atoms with Crippen molar-refractivity contribution in [1.29, 1.82) is 0 Å². The van der Waals surface area contributed by atoms with E-state index in [0.717, 1.165) is 0 Å². The van der Waals surface area contributed by atoms with Crippen LogP contribution in [0.2, 0.25) is 0 Å². The second kappa shape index (κ2) is 14.7. The lowest BCUT2D eigenvalue weighted by molar-refractivity contribution is -0.145. The van der Waals surface area contributed by atoms with E-state index in [-0.39, 0.29) is 42.4 Å². The molecule has 1 unspecified atom stereocenters. The van der Waals surface area contributed by atoms with Gasteiger partial charge in [-0.3, -0.25) is 19.2 Å². The molecule has 0 bridgehead atoms. The predicted octanol–water partition coefficient (Wildman–Crippen LogP) is 1.63. The highest BCUT2D eigenvalue weighted by Gasteiger charge is 2.70. The number of piperidine rings is 1. The van der Waals surface area contributed by atoms with Crippen molar-refractivity contribution in [2.45, 2.75) is 112 Å². The first-order chi connectivity index (χ1) is 22.1. The molecule has 0 aromatic rings. The van der Waals surface area contributed by atoms with Gasteiger partial charge in [0.1, 0.15) is 12.1 Å². The van der Waals surface area contributed by atoms with Gasteiger partial charge < -0.3 is 26.2 Å². The molecule has 3 fully saturated rings. The smallest absolute Gasteiger partial charge is 0.315 e. The molecule has 3 aliphatic rings. The number of nitrogens with one attached hydrogen (secondary N) is 4. The van der Waals surface area contributed by atoms with Gasteiger partial charge in [0.2, 0.25) is 27.6 Å². The zero-order chi connectivity index (χ0) is 36.4. The fourth-order valence-electron chi connectivity index (χ4n) is 6.83. The number of hydrogen-bond donors (Lipinski definition) is 4. The number of terminal acetylenes is 1. The van der Waals surface area contributed by atoms with Crippen LogP contribution >= 0.6 is 0 Å². The molecule has 6 atom stereocenters. The first-order valence-electron chi connectivity index (χ1n) is 17.0. The van der Waals surface area contributed by atoms with Crippen molar-refractivity contribution in [2.24, 2.45) is 28.1 Å². The zero-order valence-corrected chi connectivity index (χ0v) is 30.9. The molecule has 0 spiro atoms. The summed E-state index contributed by atoms with van der Waals surface area (Å²) in [4.78, 5) is 68.9. The minimum absolute atomic E-state index is 0.0343. The summed E-state index contributed by atoms with van der Waals surface area (Å²) in [5.74, 6) is -0.204. The molecule has 5 amide bonds. The molecular formula is C34H56N6O7S. The summed E-state index contributed by atoms with van der Waals surface area (Å²) >= 11 is 0. The predicted molar refractivity (Wildman–Crippen MR) is 183 cm³/mol. The number of fused-ring (bicyclic) bond motifs is 1. The van der Waals surface area contributed by atoms with Crippen LogP contribution in [0.3, 0.4) is 0 Å². The van der Waals surface area contributed by atoms with E-state index in [0.29, 0.717) is 32.5 Å². The minimum atomic E-state index is -3.39. The number of carbonyl (C=O) groups is 5. The van der Waals surface area contributed by atoms with Crippen molar-refractivity contribution in [3.63, 3.8) is 0 Å². The number of rotatable bonds is 13. The van der Waals surface area contributed by atoms with Gasteiger partial charge in [-0.05, 0) is 47.3 Å². The SMILES string of the molecule is C#CCCC(NC(=O)[C@@H]1[C@@H]2[C@H](CN1C(=O)[C@@H](NC(=O)N[C@H](CN1CCCS1(=O)=O)C(C)(C)C)C(C)(C)C)C2(C)C)C(=O)C(=O)NCCC. The maximum absolute atomic E-state index is 14.3. The number of ketones is 1. The second-order valence-electron chi connectivity index (χ2n) is 16.2. The number of sulfonamides is 1. The Bertz CT molecular complexity index is 1410. The summed E-state index contributed by atoms with van der Waals surface area (Å²) in [5, 5.41) is 11.1. The largest absolute Gasteiger partial charge is 0.349 e. The van der Waals surface area contributed by atoms with Gasteiger partial charge in [-0.25, -0.2) is 13.2 Å². The van der Waals surface area contributed by atoms with Gasteiger partial charge in [0.25, 0.3) is 5.91 Å². The number of urea groups is 1. The minimum Gasteiger partial charge on any atom is -0.349 e. The average Bonchev–Trinajstić information content (AvgIpc) is 3.26. The van der Waals surface area contributed by atoms with E-state index in [4.69, 9.17) is 6.42 Å². The van der Waals surface area contributed by atoms with Crippen molar-refractivity contribution in [2.75, 3.05) is 31.9 Å². The first kappa shape index (κ1) is 39.3. The molecule has 48 heavy (non-hydrogen) atoms. The summed E-state index contributed by atoms with van der Waals surface area (Å²) < 4.78 is 26.4. The monoisotopic (exact) mass is 692 g/mol. The van der Waals surface area contributed by atoms with E-state index < -0.39 is 74.6 Å². The normalized spacial score (nSPS) is 24.8. The topological polar surface area (TPSA) is 174 Å². The highest BCUT2D eigenvalue weighted by atomic mass is 32.2. The van der Waals surface area contributed by atoms with Crippen LogP contribution in [-0.2, 0) is 29.2 Å². The first-order valence-corrected chi connectivity index (χ1v) is 18.6. The molecule has 2 aliphatic heterocycles. The number of hydrogen-bond acceptors (Lipinski definition) is 7. The molecule has 13 nitrogen and oxygen atoms in total. The highest BCUT2D eigenvalue weighted by molar-refractivity contribution is 7.89. The Morgan fingerprint density at radius 2 is 1.65 bits per heavy atom. The third-order valence-electron chi connectivity index (χ3n) is 10.1. The Kier molecular flexibility index (Phi) is 12.1. The lowest BCUT2D eigenvalue weighted by Crippen LogP contribution is -2.62. The summed E-state index contributed by atoms with van der Waals surface area (Å²) in [7, 11) is -3.39. The number of amides is 5. The van der Waals surface area contributed by atoms with Crippen LogP contribution in [0.5, 0.6) is 0 Å². The fourth-order valence-corrected chi connectivity index (χ4v) is 8.37. The van der Waals surface area contributed by atoms with Crippen LogP contribution in [0, 0.1) is 40.4 Å². The van der Waals surface area contributed by atoms with Crippen LogP contribution < -0.4 is 21.3 Å². The van der Waals surface area contributed by atoms with Gasteiger partial charge >= 0.3 is 6.03 Å². The van der Waals surface area contributed by atoms with E-state index >= 15 is 0 Å².